The number of fused-ring (bicyclic) bond motifs is 1. The number of thioether (sulfide) groups is 1. The van der Waals surface area contributed by atoms with Gasteiger partial charge in [-0.3, -0.25) is 9.55 Å². The molecular weight excluding hydrogens is 472 g/mol. The van der Waals surface area contributed by atoms with Gasteiger partial charge in [-0.25, -0.2) is 13.9 Å². The van der Waals surface area contributed by atoms with E-state index in [-0.39, 0.29) is 5.92 Å². The molecule has 2 atom stereocenters. The van der Waals surface area contributed by atoms with Crippen molar-refractivity contribution in [3.8, 4) is 11.5 Å². The van der Waals surface area contributed by atoms with E-state index in [1.165, 1.54) is 11.1 Å². The molecule has 2 aliphatic rings. The molecule has 0 saturated heterocycles. The smallest absolute Gasteiger partial charge is 0.231 e. The van der Waals surface area contributed by atoms with E-state index in [0.717, 1.165) is 45.8 Å². The first-order valence-corrected chi connectivity index (χ1v) is 13.7. The zero-order chi connectivity index (χ0) is 24.7. The normalized spacial score (nSPS) is 19.2. The van der Waals surface area contributed by atoms with Crippen LogP contribution in [0.2, 0.25) is 0 Å². The lowest BCUT2D eigenvalue weighted by molar-refractivity contribution is 0.171. The number of rotatable bonds is 10. The van der Waals surface area contributed by atoms with Crippen LogP contribution in [0.5, 0.6) is 11.5 Å². The van der Waals surface area contributed by atoms with Gasteiger partial charge in [0.25, 0.3) is 0 Å². The summed E-state index contributed by atoms with van der Waals surface area (Å²) in [5.74, 6) is 2.68. The van der Waals surface area contributed by atoms with E-state index in [1.807, 2.05) is 6.92 Å². The van der Waals surface area contributed by atoms with E-state index >= 15 is 0 Å². The minimum Gasteiger partial charge on any atom is -0.486 e. The van der Waals surface area contributed by atoms with E-state index in [0.29, 0.717) is 39.4 Å². The Kier molecular flexibility index (Phi) is 9.99. The molecule has 0 fully saturated rings. The minimum absolute atomic E-state index is 0.0971. The molecule has 0 radical (unpaired) electrons. The molecule has 1 aromatic rings. The highest BCUT2D eigenvalue weighted by molar-refractivity contribution is 8.03. The molecule has 0 bridgehead atoms. The van der Waals surface area contributed by atoms with E-state index in [9.17, 15) is 4.21 Å². The summed E-state index contributed by atoms with van der Waals surface area (Å²) in [5, 5.41) is 1.14. The molecule has 34 heavy (non-hydrogen) atoms. The van der Waals surface area contributed by atoms with E-state index in [1.54, 1.807) is 11.8 Å². The highest BCUT2D eigenvalue weighted by Crippen LogP contribution is 2.42. The summed E-state index contributed by atoms with van der Waals surface area (Å²) in [6, 6.07) is 4.19. The Morgan fingerprint density at radius 3 is 2.62 bits per heavy atom. The Bertz CT molecular complexity index is 993. The number of hydrogen-bond donors (Lipinski definition) is 2. The zero-order valence-corrected chi connectivity index (χ0v) is 22.4. The lowest BCUT2D eigenvalue weighted by atomic mass is 10.0. The van der Waals surface area contributed by atoms with Crippen molar-refractivity contribution in [1.29, 1.82) is 0 Å². The van der Waals surface area contributed by atoms with Crippen LogP contribution in [-0.4, -0.2) is 58.2 Å². The highest BCUT2D eigenvalue weighted by Gasteiger charge is 2.27. The van der Waals surface area contributed by atoms with E-state index in [4.69, 9.17) is 19.0 Å². The maximum Gasteiger partial charge on any atom is 0.231 e. The number of aliphatic imine (C=N–C) groups is 2. The summed E-state index contributed by atoms with van der Waals surface area (Å²) in [7, 11) is 0. The number of benzene rings is 1. The first-order chi connectivity index (χ1) is 16.3. The summed E-state index contributed by atoms with van der Waals surface area (Å²) >= 11 is -0.283. The molecule has 2 unspecified atom stereocenters. The van der Waals surface area contributed by atoms with Gasteiger partial charge >= 0.3 is 0 Å². The lowest BCUT2D eigenvalue weighted by Gasteiger charge is -2.34. The quantitative estimate of drug-likeness (QED) is 0.272. The SMILES string of the molecule is CCC(C)=C(Sc1cc2c(cc1CC)OCCO2)N(CCCNS(=O)O)C1=NCN=C(C)C1C. The van der Waals surface area contributed by atoms with Crippen molar-refractivity contribution in [1.82, 2.24) is 9.62 Å². The largest absolute Gasteiger partial charge is 0.486 e. The summed E-state index contributed by atoms with van der Waals surface area (Å²) in [4.78, 5) is 12.7. The number of ether oxygens (including phenoxy) is 2. The predicted molar refractivity (Wildman–Crippen MR) is 140 cm³/mol. The Balaban J connectivity index is 1.98. The van der Waals surface area contributed by atoms with Gasteiger partial charge in [0.15, 0.2) is 11.5 Å². The maximum absolute atomic E-state index is 11.1. The molecular formula is C24H36N4O4S2. The van der Waals surface area contributed by atoms with Crippen LogP contribution in [-0.2, 0) is 17.7 Å². The van der Waals surface area contributed by atoms with Crippen LogP contribution in [0, 0.1) is 5.92 Å². The van der Waals surface area contributed by atoms with Crippen LogP contribution < -0.4 is 14.2 Å². The molecule has 3 rings (SSSR count). The molecule has 2 aliphatic heterocycles. The number of nitrogens with one attached hydrogen (secondary N) is 1. The Labute approximate surface area is 209 Å². The second-order valence-electron chi connectivity index (χ2n) is 8.33. The van der Waals surface area contributed by atoms with Crippen molar-refractivity contribution < 1.29 is 18.2 Å². The number of hydrogen-bond acceptors (Lipinski definition) is 7. The molecule has 188 valence electrons. The molecule has 0 saturated carbocycles. The molecule has 0 aromatic heterocycles. The van der Waals surface area contributed by atoms with Gasteiger partial charge in [0, 0.05) is 23.7 Å². The van der Waals surface area contributed by atoms with Crippen molar-refractivity contribution in [2.24, 2.45) is 15.9 Å². The maximum atomic E-state index is 11.1. The van der Waals surface area contributed by atoms with Crippen LogP contribution in [0.1, 0.15) is 53.0 Å². The fourth-order valence-electron chi connectivity index (χ4n) is 3.83. The van der Waals surface area contributed by atoms with Gasteiger partial charge in [-0.05, 0) is 56.4 Å². The van der Waals surface area contributed by atoms with Gasteiger partial charge in [-0.15, -0.1) is 0 Å². The molecule has 2 N–H and O–H groups in total. The molecule has 2 heterocycles. The third kappa shape index (κ3) is 6.62. The van der Waals surface area contributed by atoms with Crippen molar-refractivity contribution in [2.75, 3.05) is 33.0 Å². The van der Waals surface area contributed by atoms with Crippen LogP contribution in [0.4, 0.5) is 0 Å². The topological polar surface area (TPSA) is 95.8 Å². The summed E-state index contributed by atoms with van der Waals surface area (Å²) in [6.07, 6.45) is 2.47. The van der Waals surface area contributed by atoms with Gasteiger partial charge in [-0.1, -0.05) is 32.5 Å². The second kappa shape index (κ2) is 12.7. The van der Waals surface area contributed by atoms with Gasteiger partial charge < -0.3 is 14.4 Å². The Morgan fingerprint density at radius 1 is 1.26 bits per heavy atom. The average molecular weight is 509 g/mol. The van der Waals surface area contributed by atoms with E-state index < -0.39 is 11.3 Å². The number of allylic oxidation sites excluding steroid dienone is 1. The summed E-state index contributed by atoms with van der Waals surface area (Å²) in [6.45, 7) is 13.3. The molecule has 0 amide bonds. The first-order valence-electron chi connectivity index (χ1n) is 11.8. The summed E-state index contributed by atoms with van der Waals surface area (Å²) < 4.78 is 34.4. The van der Waals surface area contributed by atoms with Crippen LogP contribution in [0.3, 0.4) is 0 Å². The van der Waals surface area contributed by atoms with Crippen molar-refractivity contribution in [2.45, 2.75) is 58.8 Å². The van der Waals surface area contributed by atoms with Crippen LogP contribution in [0.25, 0.3) is 0 Å². The summed E-state index contributed by atoms with van der Waals surface area (Å²) in [5.41, 5.74) is 3.54. The molecule has 0 spiro atoms. The molecule has 1 aromatic carbocycles. The van der Waals surface area contributed by atoms with Crippen LogP contribution >= 0.6 is 11.8 Å². The lowest BCUT2D eigenvalue weighted by Crippen LogP contribution is -2.40. The van der Waals surface area contributed by atoms with Gasteiger partial charge in [0.2, 0.25) is 11.3 Å². The first kappa shape index (κ1) is 26.7. The third-order valence-electron chi connectivity index (χ3n) is 6.08. The molecule has 10 heteroatoms. The van der Waals surface area contributed by atoms with Gasteiger partial charge in [0.1, 0.15) is 25.7 Å². The monoisotopic (exact) mass is 508 g/mol. The standard InChI is InChI=1S/C24H36N4O4S2/c1-6-16(3)24(33-22-14-21-20(13-19(22)7-2)31-11-12-32-21)28(10-8-9-27-34(29)30)23-17(4)18(5)25-15-26-23/h13-14,17,27H,6-12,15H2,1-5H3,(H,29,30). The number of aryl methyl sites for hydroxylation is 1. The highest BCUT2D eigenvalue weighted by atomic mass is 32.2. The predicted octanol–water partition coefficient (Wildman–Crippen LogP) is 4.64. The van der Waals surface area contributed by atoms with E-state index in [2.05, 4.69) is 54.4 Å². The third-order valence-corrected chi connectivity index (χ3v) is 7.89. The fraction of sp³-hybridized carbons (Fsp3) is 0.583. The zero-order valence-electron chi connectivity index (χ0n) is 20.7. The molecule has 8 nitrogen and oxygen atoms in total. The number of amidine groups is 1. The van der Waals surface area contributed by atoms with Gasteiger partial charge in [-0.2, -0.15) is 0 Å². The number of nitrogens with zero attached hydrogens (tertiary/aromatic N) is 3. The van der Waals surface area contributed by atoms with Crippen molar-refractivity contribution >= 4 is 34.6 Å². The van der Waals surface area contributed by atoms with Crippen molar-refractivity contribution in [3.63, 3.8) is 0 Å². The van der Waals surface area contributed by atoms with Gasteiger partial charge in [0.05, 0.1) is 10.9 Å². The van der Waals surface area contributed by atoms with Crippen molar-refractivity contribution in [3.05, 3.63) is 28.3 Å². The average Bonchev–Trinajstić information content (AvgIpc) is 2.83. The fourth-order valence-corrected chi connectivity index (χ4v) is 5.47. The second-order valence-corrected chi connectivity index (χ2v) is 10.1. The Morgan fingerprint density at radius 2 is 1.97 bits per heavy atom. The van der Waals surface area contributed by atoms with Crippen LogP contribution in [0.15, 0.2) is 37.6 Å². The Hall–Kier alpha value is -1.88. The molecule has 0 aliphatic carbocycles. The minimum atomic E-state index is -2.02.